The maximum absolute atomic E-state index is 12.3. The maximum Gasteiger partial charge on any atom is 0.445 e. The average molecular weight is 294 g/mol. The molecular formula is C11H17F3N4S. The Balaban J connectivity index is 1.74. The summed E-state index contributed by atoms with van der Waals surface area (Å²) in [6.07, 6.45) is 0.557. The highest BCUT2D eigenvalue weighted by Crippen LogP contribution is 2.32. The number of hydrogen-bond donors (Lipinski definition) is 1. The van der Waals surface area contributed by atoms with Crippen molar-refractivity contribution >= 4 is 16.5 Å². The fourth-order valence-corrected chi connectivity index (χ4v) is 2.73. The third-order valence-electron chi connectivity index (χ3n) is 3.07. The molecule has 2 rings (SSSR count). The molecule has 0 saturated carbocycles. The third-order valence-corrected chi connectivity index (χ3v) is 4.00. The predicted molar refractivity (Wildman–Crippen MR) is 68.3 cm³/mol. The quantitative estimate of drug-likeness (QED) is 0.927. The van der Waals surface area contributed by atoms with Crippen LogP contribution in [0.5, 0.6) is 0 Å². The molecule has 0 atom stereocenters. The molecule has 1 aromatic heterocycles. The van der Waals surface area contributed by atoms with E-state index in [1.807, 2.05) is 0 Å². The molecular weight excluding hydrogens is 277 g/mol. The number of rotatable bonds is 4. The fraction of sp³-hybridized carbons (Fsp3) is 0.818. The van der Waals surface area contributed by atoms with Gasteiger partial charge in [0.15, 0.2) is 0 Å². The Morgan fingerprint density at radius 3 is 2.37 bits per heavy atom. The van der Waals surface area contributed by atoms with E-state index >= 15 is 0 Å². The fourth-order valence-electron chi connectivity index (χ4n) is 2.09. The first kappa shape index (κ1) is 14.5. The summed E-state index contributed by atoms with van der Waals surface area (Å²) in [6, 6.07) is 0. The molecule has 1 fully saturated rings. The Kier molecular flexibility index (Phi) is 4.98. The summed E-state index contributed by atoms with van der Waals surface area (Å²) in [4.78, 5) is 2.34. The highest BCUT2D eigenvalue weighted by atomic mass is 32.1. The number of hydrogen-bond acceptors (Lipinski definition) is 5. The number of alkyl halides is 3. The van der Waals surface area contributed by atoms with Crippen molar-refractivity contribution in [1.29, 1.82) is 0 Å². The van der Waals surface area contributed by atoms with E-state index < -0.39 is 11.2 Å². The van der Waals surface area contributed by atoms with Crippen LogP contribution in [0.1, 0.15) is 30.7 Å². The van der Waals surface area contributed by atoms with E-state index in [0.29, 0.717) is 17.9 Å². The zero-order valence-electron chi connectivity index (χ0n) is 10.5. The Morgan fingerprint density at radius 2 is 1.79 bits per heavy atom. The first-order valence-electron chi connectivity index (χ1n) is 6.42. The molecule has 1 saturated heterocycles. The van der Waals surface area contributed by atoms with Gasteiger partial charge in [-0.05, 0) is 25.9 Å². The predicted octanol–water partition coefficient (Wildman–Crippen LogP) is 2.84. The summed E-state index contributed by atoms with van der Waals surface area (Å²) in [5.41, 5.74) is 0. The summed E-state index contributed by atoms with van der Waals surface area (Å²) in [5.74, 6) is 0. The van der Waals surface area contributed by atoms with E-state index in [0.717, 1.165) is 19.6 Å². The summed E-state index contributed by atoms with van der Waals surface area (Å²) in [7, 11) is 0. The first-order chi connectivity index (χ1) is 9.05. The minimum absolute atomic E-state index is 0.238. The second-order valence-electron chi connectivity index (χ2n) is 4.59. The lowest BCUT2D eigenvalue weighted by Crippen LogP contribution is -2.29. The molecule has 0 bridgehead atoms. The van der Waals surface area contributed by atoms with Crippen LogP contribution in [0.3, 0.4) is 0 Å². The third kappa shape index (κ3) is 4.61. The minimum atomic E-state index is -4.40. The van der Waals surface area contributed by atoms with E-state index in [2.05, 4.69) is 20.4 Å². The number of anilines is 1. The second kappa shape index (κ2) is 6.51. The van der Waals surface area contributed by atoms with Gasteiger partial charge in [-0.3, -0.25) is 0 Å². The monoisotopic (exact) mass is 294 g/mol. The number of halogens is 3. The Morgan fingerprint density at radius 1 is 1.11 bits per heavy atom. The lowest BCUT2D eigenvalue weighted by atomic mass is 10.2. The van der Waals surface area contributed by atoms with Gasteiger partial charge in [0, 0.05) is 13.1 Å². The molecule has 1 aliphatic rings. The first-order valence-corrected chi connectivity index (χ1v) is 7.24. The normalized spacial score (nSPS) is 18.3. The van der Waals surface area contributed by atoms with Crippen LogP contribution in [0.15, 0.2) is 0 Å². The van der Waals surface area contributed by atoms with Crippen LogP contribution in [0.4, 0.5) is 18.3 Å². The summed E-state index contributed by atoms with van der Waals surface area (Å²) >= 11 is 0.554. The van der Waals surface area contributed by atoms with Crippen LogP contribution in [-0.4, -0.2) is 41.3 Å². The van der Waals surface area contributed by atoms with Gasteiger partial charge >= 0.3 is 6.18 Å². The van der Waals surface area contributed by atoms with Crippen molar-refractivity contribution in [3.63, 3.8) is 0 Å². The number of likely N-dealkylation sites (tertiary alicyclic amines) is 1. The average Bonchev–Trinajstić information content (AvgIpc) is 2.67. The van der Waals surface area contributed by atoms with Crippen molar-refractivity contribution in [3.8, 4) is 0 Å². The van der Waals surface area contributed by atoms with E-state index in [1.165, 1.54) is 25.7 Å². The standard InChI is InChI=1S/C11H17F3N4S/c12-11(13,14)9-16-17-10(19-9)15-5-8-18-6-3-1-2-4-7-18/h1-8H2,(H,15,17). The van der Waals surface area contributed by atoms with Gasteiger partial charge in [0.1, 0.15) is 0 Å². The highest BCUT2D eigenvalue weighted by Gasteiger charge is 2.35. The lowest BCUT2D eigenvalue weighted by Gasteiger charge is -2.19. The smallest absolute Gasteiger partial charge is 0.359 e. The molecule has 0 unspecified atom stereocenters. The van der Waals surface area contributed by atoms with Crippen molar-refractivity contribution in [3.05, 3.63) is 5.01 Å². The maximum atomic E-state index is 12.3. The number of nitrogens with one attached hydrogen (secondary N) is 1. The van der Waals surface area contributed by atoms with Gasteiger partial charge < -0.3 is 10.2 Å². The van der Waals surface area contributed by atoms with Gasteiger partial charge in [-0.25, -0.2) is 0 Å². The van der Waals surface area contributed by atoms with Gasteiger partial charge in [0.2, 0.25) is 10.1 Å². The zero-order chi connectivity index (χ0) is 13.7. The SMILES string of the molecule is FC(F)(F)c1nnc(NCCN2CCCCCC2)s1. The number of nitrogens with zero attached hydrogens (tertiary/aromatic N) is 3. The summed E-state index contributed by atoms with van der Waals surface area (Å²) in [6.45, 7) is 3.59. The Labute approximate surface area is 114 Å². The molecule has 8 heteroatoms. The van der Waals surface area contributed by atoms with E-state index in [-0.39, 0.29) is 5.13 Å². The van der Waals surface area contributed by atoms with Crippen molar-refractivity contribution in [2.24, 2.45) is 0 Å². The van der Waals surface area contributed by atoms with Crippen LogP contribution in [0.2, 0.25) is 0 Å². The van der Waals surface area contributed by atoms with Gasteiger partial charge in [-0.2, -0.15) is 13.2 Å². The highest BCUT2D eigenvalue weighted by molar-refractivity contribution is 7.15. The Hall–Kier alpha value is -0.890. The summed E-state index contributed by atoms with van der Waals surface area (Å²) in [5, 5.41) is 8.89. The molecule has 19 heavy (non-hydrogen) atoms. The molecule has 108 valence electrons. The van der Waals surface area contributed by atoms with Crippen molar-refractivity contribution in [2.45, 2.75) is 31.9 Å². The molecule has 2 heterocycles. The van der Waals surface area contributed by atoms with Crippen LogP contribution in [-0.2, 0) is 6.18 Å². The minimum Gasteiger partial charge on any atom is -0.359 e. The topological polar surface area (TPSA) is 41.1 Å². The molecule has 1 aliphatic heterocycles. The molecule has 0 aromatic carbocycles. The Bertz CT molecular complexity index is 386. The van der Waals surface area contributed by atoms with Crippen LogP contribution in [0, 0.1) is 0 Å². The summed E-state index contributed by atoms with van der Waals surface area (Å²) < 4.78 is 37.0. The van der Waals surface area contributed by atoms with Crippen molar-refractivity contribution < 1.29 is 13.2 Å². The van der Waals surface area contributed by atoms with Crippen LogP contribution < -0.4 is 5.32 Å². The van der Waals surface area contributed by atoms with Crippen LogP contribution >= 0.6 is 11.3 Å². The van der Waals surface area contributed by atoms with Gasteiger partial charge in [0.05, 0.1) is 0 Å². The van der Waals surface area contributed by atoms with E-state index in [1.54, 1.807) is 0 Å². The van der Waals surface area contributed by atoms with Gasteiger partial charge in [0.25, 0.3) is 0 Å². The lowest BCUT2D eigenvalue weighted by molar-refractivity contribution is -0.138. The second-order valence-corrected chi connectivity index (χ2v) is 5.57. The van der Waals surface area contributed by atoms with Crippen molar-refractivity contribution in [1.82, 2.24) is 15.1 Å². The molecule has 1 aromatic rings. The van der Waals surface area contributed by atoms with E-state index in [4.69, 9.17) is 0 Å². The van der Waals surface area contributed by atoms with Crippen molar-refractivity contribution in [2.75, 3.05) is 31.5 Å². The van der Waals surface area contributed by atoms with Crippen LogP contribution in [0.25, 0.3) is 0 Å². The molecule has 0 amide bonds. The molecule has 1 N–H and O–H groups in total. The van der Waals surface area contributed by atoms with E-state index in [9.17, 15) is 13.2 Å². The van der Waals surface area contributed by atoms with Gasteiger partial charge in [-0.15, -0.1) is 10.2 Å². The van der Waals surface area contributed by atoms with Gasteiger partial charge in [-0.1, -0.05) is 24.2 Å². The molecule has 0 aliphatic carbocycles. The number of aromatic nitrogens is 2. The zero-order valence-corrected chi connectivity index (χ0v) is 11.4. The molecule has 0 radical (unpaired) electrons. The largest absolute Gasteiger partial charge is 0.445 e. The molecule has 4 nitrogen and oxygen atoms in total. The molecule has 0 spiro atoms.